The van der Waals surface area contributed by atoms with Crippen molar-refractivity contribution in [2.24, 2.45) is 0 Å². The minimum Gasteiger partial charge on any atom is -0.497 e. The van der Waals surface area contributed by atoms with Crippen molar-refractivity contribution in [2.75, 3.05) is 13.7 Å². The standard InChI is InChI=1S/C22H24N4O3/c1-15-5-7-16(8-6-15)14-23-22(27)26-13-3-4-19(26)21-24-20(25-29-21)17-9-11-18(28-2)12-10-17/h5-12,19H,3-4,13-14H2,1-2H3,(H,23,27). The summed E-state index contributed by atoms with van der Waals surface area (Å²) in [5.74, 6) is 1.75. The lowest BCUT2D eigenvalue weighted by Crippen LogP contribution is -2.39. The minimum atomic E-state index is -0.201. The lowest BCUT2D eigenvalue weighted by Gasteiger charge is -2.22. The van der Waals surface area contributed by atoms with Crippen LogP contribution in [0.5, 0.6) is 5.75 Å². The van der Waals surface area contributed by atoms with E-state index in [1.165, 1.54) is 5.56 Å². The zero-order valence-electron chi connectivity index (χ0n) is 16.6. The van der Waals surface area contributed by atoms with Gasteiger partial charge >= 0.3 is 6.03 Å². The SMILES string of the molecule is COc1ccc(-c2noc(C3CCCN3C(=O)NCc3ccc(C)cc3)n2)cc1. The highest BCUT2D eigenvalue weighted by atomic mass is 16.5. The van der Waals surface area contributed by atoms with Gasteiger partial charge in [0.1, 0.15) is 11.8 Å². The Hall–Kier alpha value is -3.35. The molecule has 2 heterocycles. The van der Waals surface area contributed by atoms with Crippen LogP contribution in [0, 0.1) is 6.92 Å². The number of aromatic nitrogens is 2. The van der Waals surface area contributed by atoms with E-state index in [0.717, 1.165) is 29.7 Å². The minimum absolute atomic E-state index is 0.114. The van der Waals surface area contributed by atoms with Gasteiger partial charge in [0.2, 0.25) is 11.7 Å². The van der Waals surface area contributed by atoms with Gasteiger partial charge in [-0.05, 0) is 49.6 Å². The van der Waals surface area contributed by atoms with E-state index in [2.05, 4.69) is 15.5 Å². The molecule has 0 bridgehead atoms. The molecule has 3 aromatic rings. The van der Waals surface area contributed by atoms with Crippen molar-refractivity contribution < 1.29 is 14.1 Å². The number of methoxy groups -OCH3 is 1. The molecule has 4 rings (SSSR count). The number of benzene rings is 2. The van der Waals surface area contributed by atoms with E-state index in [9.17, 15) is 4.79 Å². The number of hydrogen-bond donors (Lipinski definition) is 1. The number of amides is 2. The average Bonchev–Trinajstić information content (AvgIpc) is 3.43. The summed E-state index contributed by atoms with van der Waals surface area (Å²) in [6, 6.07) is 15.3. The second kappa shape index (κ2) is 8.34. The molecule has 1 fully saturated rings. The van der Waals surface area contributed by atoms with Crippen molar-refractivity contribution in [1.82, 2.24) is 20.4 Å². The second-order valence-electron chi connectivity index (χ2n) is 7.18. The molecule has 1 aromatic heterocycles. The summed E-state index contributed by atoms with van der Waals surface area (Å²) >= 11 is 0. The third-order valence-corrected chi connectivity index (χ3v) is 5.15. The summed E-state index contributed by atoms with van der Waals surface area (Å²) in [7, 11) is 1.63. The van der Waals surface area contributed by atoms with Gasteiger partial charge in [0.15, 0.2) is 0 Å². The molecule has 0 spiro atoms. The number of likely N-dealkylation sites (tertiary alicyclic amines) is 1. The quantitative estimate of drug-likeness (QED) is 0.707. The molecule has 0 radical (unpaired) electrons. The highest BCUT2D eigenvalue weighted by Crippen LogP contribution is 2.32. The number of ether oxygens (including phenoxy) is 1. The summed E-state index contributed by atoms with van der Waals surface area (Å²) in [4.78, 5) is 19.0. The third kappa shape index (κ3) is 4.23. The number of carbonyl (C=O) groups excluding carboxylic acids is 1. The molecule has 0 saturated carbocycles. The van der Waals surface area contributed by atoms with Crippen LogP contribution in [0.15, 0.2) is 53.1 Å². The monoisotopic (exact) mass is 392 g/mol. The van der Waals surface area contributed by atoms with Crippen LogP contribution in [0.3, 0.4) is 0 Å². The third-order valence-electron chi connectivity index (χ3n) is 5.15. The van der Waals surface area contributed by atoms with Crippen LogP contribution >= 0.6 is 0 Å². The molecule has 150 valence electrons. The molecular weight excluding hydrogens is 368 g/mol. The topological polar surface area (TPSA) is 80.5 Å². The Morgan fingerprint density at radius 1 is 1.21 bits per heavy atom. The van der Waals surface area contributed by atoms with Crippen LogP contribution in [-0.4, -0.2) is 34.7 Å². The molecule has 29 heavy (non-hydrogen) atoms. The Bertz CT molecular complexity index is 966. The maximum Gasteiger partial charge on any atom is 0.318 e. The van der Waals surface area contributed by atoms with Crippen LogP contribution < -0.4 is 10.1 Å². The van der Waals surface area contributed by atoms with Gasteiger partial charge in [-0.25, -0.2) is 4.79 Å². The molecule has 7 nitrogen and oxygen atoms in total. The number of nitrogens with one attached hydrogen (secondary N) is 1. The van der Waals surface area contributed by atoms with Gasteiger partial charge in [0, 0.05) is 18.7 Å². The van der Waals surface area contributed by atoms with Crippen LogP contribution in [0.1, 0.15) is 35.9 Å². The molecule has 1 N–H and O–H groups in total. The molecule has 7 heteroatoms. The molecule has 2 aromatic carbocycles. The molecule has 1 atom stereocenters. The van der Waals surface area contributed by atoms with E-state index < -0.39 is 0 Å². The van der Waals surface area contributed by atoms with E-state index in [1.54, 1.807) is 12.0 Å². The van der Waals surface area contributed by atoms with Gasteiger partial charge in [0.25, 0.3) is 0 Å². The van der Waals surface area contributed by atoms with E-state index in [1.807, 2.05) is 55.5 Å². The molecule has 1 saturated heterocycles. The number of urea groups is 1. The highest BCUT2D eigenvalue weighted by molar-refractivity contribution is 5.75. The van der Waals surface area contributed by atoms with Crippen molar-refractivity contribution in [3.05, 3.63) is 65.5 Å². The Labute approximate surface area is 169 Å². The van der Waals surface area contributed by atoms with Crippen LogP contribution in [-0.2, 0) is 6.54 Å². The average molecular weight is 392 g/mol. The predicted octanol–water partition coefficient (Wildman–Crippen LogP) is 4.10. The Balaban J connectivity index is 1.43. The van der Waals surface area contributed by atoms with Gasteiger partial charge in [-0.15, -0.1) is 0 Å². The lowest BCUT2D eigenvalue weighted by molar-refractivity contribution is 0.180. The molecule has 1 aliphatic rings. The first-order valence-corrected chi connectivity index (χ1v) is 9.72. The summed E-state index contributed by atoms with van der Waals surface area (Å²) in [5, 5.41) is 7.09. The number of nitrogens with zero attached hydrogens (tertiary/aromatic N) is 3. The van der Waals surface area contributed by atoms with E-state index in [4.69, 9.17) is 9.26 Å². The molecule has 1 aliphatic heterocycles. The van der Waals surface area contributed by atoms with Gasteiger partial charge in [-0.2, -0.15) is 4.98 Å². The molecule has 2 amide bonds. The Morgan fingerprint density at radius 3 is 2.69 bits per heavy atom. The maximum absolute atomic E-state index is 12.7. The van der Waals surface area contributed by atoms with Gasteiger partial charge < -0.3 is 19.5 Å². The number of carbonyl (C=O) groups is 1. The normalized spacial score (nSPS) is 16.1. The first-order chi connectivity index (χ1) is 14.1. The van der Waals surface area contributed by atoms with Crippen molar-refractivity contribution in [1.29, 1.82) is 0 Å². The fraction of sp³-hybridized carbons (Fsp3) is 0.318. The number of rotatable bonds is 5. The van der Waals surface area contributed by atoms with Gasteiger partial charge in [-0.3, -0.25) is 0 Å². The van der Waals surface area contributed by atoms with Crippen LogP contribution in [0.25, 0.3) is 11.4 Å². The maximum atomic E-state index is 12.7. The molecular formula is C22H24N4O3. The molecule has 0 aliphatic carbocycles. The fourth-order valence-corrected chi connectivity index (χ4v) is 3.48. The van der Waals surface area contributed by atoms with Crippen LogP contribution in [0.4, 0.5) is 4.79 Å². The summed E-state index contributed by atoms with van der Waals surface area (Å²) in [6.45, 7) is 3.20. The van der Waals surface area contributed by atoms with Crippen molar-refractivity contribution in [3.8, 4) is 17.1 Å². The van der Waals surface area contributed by atoms with Crippen LogP contribution in [0.2, 0.25) is 0 Å². The molecule has 1 unspecified atom stereocenters. The second-order valence-corrected chi connectivity index (χ2v) is 7.18. The lowest BCUT2D eigenvalue weighted by atomic mass is 10.1. The van der Waals surface area contributed by atoms with Crippen molar-refractivity contribution >= 4 is 6.03 Å². The largest absolute Gasteiger partial charge is 0.497 e. The number of aryl methyl sites for hydroxylation is 1. The van der Waals surface area contributed by atoms with Crippen molar-refractivity contribution in [3.63, 3.8) is 0 Å². The van der Waals surface area contributed by atoms with Crippen molar-refractivity contribution in [2.45, 2.75) is 32.4 Å². The zero-order chi connectivity index (χ0) is 20.2. The Morgan fingerprint density at radius 2 is 1.97 bits per heavy atom. The van der Waals surface area contributed by atoms with Gasteiger partial charge in [-0.1, -0.05) is 35.0 Å². The fourth-order valence-electron chi connectivity index (χ4n) is 3.48. The van der Waals surface area contributed by atoms with E-state index in [-0.39, 0.29) is 12.1 Å². The van der Waals surface area contributed by atoms with Gasteiger partial charge in [0.05, 0.1) is 7.11 Å². The van der Waals surface area contributed by atoms with E-state index in [0.29, 0.717) is 24.8 Å². The summed E-state index contributed by atoms with van der Waals surface area (Å²) in [6.07, 6.45) is 1.71. The Kier molecular flexibility index (Phi) is 5.46. The zero-order valence-corrected chi connectivity index (χ0v) is 16.6. The number of hydrogen-bond acceptors (Lipinski definition) is 5. The first kappa shape index (κ1) is 19.0. The highest BCUT2D eigenvalue weighted by Gasteiger charge is 2.34. The first-order valence-electron chi connectivity index (χ1n) is 9.72. The smallest absolute Gasteiger partial charge is 0.318 e. The summed E-state index contributed by atoms with van der Waals surface area (Å²) < 4.78 is 10.7. The van der Waals surface area contributed by atoms with E-state index >= 15 is 0 Å². The predicted molar refractivity (Wildman–Crippen MR) is 108 cm³/mol. The summed E-state index contributed by atoms with van der Waals surface area (Å²) in [5.41, 5.74) is 3.11.